The monoisotopic (exact) mass is 434 g/mol. The Bertz CT molecular complexity index is 1060. The van der Waals surface area contributed by atoms with Crippen LogP contribution in [-0.4, -0.2) is 34.1 Å². The number of thiocarbonyl (C=S) groups is 1. The molecule has 30 heavy (non-hydrogen) atoms. The molecule has 0 unspecified atom stereocenters. The Morgan fingerprint density at radius 1 is 1.13 bits per heavy atom. The number of rotatable bonds is 4. The van der Waals surface area contributed by atoms with Gasteiger partial charge in [0.15, 0.2) is 0 Å². The van der Waals surface area contributed by atoms with Crippen molar-refractivity contribution in [2.24, 2.45) is 0 Å². The zero-order valence-electron chi connectivity index (χ0n) is 16.7. The van der Waals surface area contributed by atoms with Crippen LogP contribution in [-0.2, 0) is 16.0 Å². The van der Waals surface area contributed by atoms with Crippen LogP contribution in [0.3, 0.4) is 0 Å². The van der Waals surface area contributed by atoms with E-state index in [0.717, 1.165) is 29.7 Å². The molecule has 2 amide bonds. The van der Waals surface area contributed by atoms with Crippen LogP contribution in [0, 0.1) is 0 Å². The molecule has 2 aliphatic rings. The largest absolute Gasteiger partial charge is 0.311 e. The molecule has 0 aromatic heterocycles. The Morgan fingerprint density at radius 3 is 2.67 bits per heavy atom. The number of allylic oxidation sites excluding steroid dienone is 2. The Labute approximate surface area is 186 Å². The van der Waals surface area contributed by atoms with Crippen LogP contribution in [0.1, 0.15) is 24.5 Å². The SMILES string of the molecule is CC(=Cc1ccccc1)C=C1SC(=S)N(CC(=O)N2CCCc3ccccc32)C1=O. The lowest BCUT2D eigenvalue weighted by molar-refractivity contribution is -0.127. The summed E-state index contributed by atoms with van der Waals surface area (Å²) in [5.41, 5.74) is 4.14. The van der Waals surface area contributed by atoms with Gasteiger partial charge < -0.3 is 4.90 Å². The fraction of sp³-hybridized carbons (Fsp3) is 0.208. The Morgan fingerprint density at radius 2 is 1.87 bits per heavy atom. The number of nitrogens with zero attached hydrogens (tertiary/aromatic N) is 2. The number of fused-ring (bicyclic) bond motifs is 1. The second kappa shape index (κ2) is 8.98. The molecule has 6 heteroatoms. The minimum atomic E-state index is -0.204. The number of hydrogen-bond acceptors (Lipinski definition) is 4. The predicted molar refractivity (Wildman–Crippen MR) is 127 cm³/mol. The Kier molecular flexibility index (Phi) is 6.16. The normalized spacial score (nSPS) is 18.2. The van der Waals surface area contributed by atoms with Gasteiger partial charge in [-0.1, -0.05) is 78.6 Å². The number of benzene rings is 2. The van der Waals surface area contributed by atoms with Gasteiger partial charge in [-0.05, 0) is 48.6 Å². The molecule has 2 aliphatic heterocycles. The van der Waals surface area contributed by atoms with E-state index < -0.39 is 0 Å². The van der Waals surface area contributed by atoms with E-state index in [2.05, 4.69) is 6.07 Å². The highest BCUT2D eigenvalue weighted by molar-refractivity contribution is 8.26. The summed E-state index contributed by atoms with van der Waals surface area (Å²) in [5, 5.41) is 0. The van der Waals surface area contributed by atoms with Crippen LogP contribution in [0.15, 0.2) is 71.2 Å². The second-order valence-electron chi connectivity index (χ2n) is 7.34. The van der Waals surface area contributed by atoms with Gasteiger partial charge in [0.1, 0.15) is 10.9 Å². The van der Waals surface area contributed by atoms with E-state index in [9.17, 15) is 9.59 Å². The summed E-state index contributed by atoms with van der Waals surface area (Å²) in [7, 11) is 0. The molecule has 0 spiro atoms. The van der Waals surface area contributed by atoms with Gasteiger partial charge in [0, 0.05) is 12.2 Å². The van der Waals surface area contributed by atoms with E-state index in [0.29, 0.717) is 15.8 Å². The molecule has 1 saturated heterocycles. The highest BCUT2D eigenvalue weighted by Gasteiger charge is 2.35. The maximum absolute atomic E-state index is 13.0. The lowest BCUT2D eigenvalue weighted by atomic mass is 10.0. The maximum atomic E-state index is 13.0. The summed E-state index contributed by atoms with van der Waals surface area (Å²) in [6.45, 7) is 2.59. The van der Waals surface area contributed by atoms with E-state index >= 15 is 0 Å². The number of anilines is 1. The highest BCUT2D eigenvalue weighted by Crippen LogP contribution is 2.33. The average Bonchev–Trinajstić information content (AvgIpc) is 3.01. The third-order valence-corrected chi connectivity index (χ3v) is 6.51. The van der Waals surface area contributed by atoms with E-state index in [4.69, 9.17) is 12.2 Å². The molecule has 152 valence electrons. The minimum Gasteiger partial charge on any atom is -0.311 e. The molecule has 0 aliphatic carbocycles. The van der Waals surface area contributed by atoms with Gasteiger partial charge in [0.25, 0.3) is 5.91 Å². The zero-order chi connectivity index (χ0) is 21.1. The number of carbonyl (C=O) groups is 2. The summed E-state index contributed by atoms with van der Waals surface area (Å²) < 4.78 is 0.428. The van der Waals surface area contributed by atoms with Gasteiger partial charge >= 0.3 is 0 Å². The Hall–Kier alpha value is -2.70. The molecule has 0 N–H and O–H groups in total. The van der Waals surface area contributed by atoms with Gasteiger partial charge in [0.05, 0.1) is 4.91 Å². The van der Waals surface area contributed by atoms with Crippen LogP contribution in [0.4, 0.5) is 5.69 Å². The van der Waals surface area contributed by atoms with Crippen molar-refractivity contribution in [1.82, 2.24) is 4.90 Å². The molecular weight excluding hydrogens is 412 g/mol. The molecule has 0 atom stereocenters. The van der Waals surface area contributed by atoms with Crippen LogP contribution < -0.4 is 4.90 Å². The first-order chi connectivity index (χ1) is 14.5. The third kappa shape index (κ3) is 4.40. The molecule has 2 aromatic carbocycles. The minimum absolute atomic E-state index is 0.0300. The van der Waals surface area contributed by atoms with E-state index in [1.165, 1.54) is 22.2 Å². The summed E-state index contributed by atoms with van der Waals surface area (Å²) in [6.07, 6.45) is 5.75. The molecule has 0 saturated carbocycles. The van der Waals surface area contributed by atoms with Crippen molar-refractivity contribution >= 4 is 51.9 Å². The van der Waals surface area contributed by atoms with Gasteiger partial charge in [-0.25, -0.2) is 0 Å². The van der Waals surface area contributed by atoms with Crippen molar-refractivity contribution in [2.45, 2.75) is 19.8 Å². The lowest BCUT2D eigenvalue weighted by Gasteiger charge is -2.30. The molecule has 1 fully saturated rings. The molecule has 0 bridgehead atoms. The predicted octanol–water partition coefficient (Wildman–Crippen LogP) is 4.81. The summed E-state index contributed by atoms with van der Waals surface area (Å²) in [5.74, 6) is -0.305. The smallest absolute Gasteiger partial charge is 0.266 e. The van der Waals surface area contributed by atoms with Gasteiger partial charge in [0.2, 0.25) is 5.91 Å². The van der Waals surface area contributed by atoms with Crippen molar-refractivity contribution in [1.29, 1.82) is 0 Å². The van der Waals surface area contributed by atoms with Crippen LogP contribution in [0.25, 0.3) is 6.08 Å². The summed E-state index contributed by atoms with van der Waals surface area (Å²) in [4.78, 5) is 29.7. The summed E-state index contributed by atoms with van der Waals surface area (Å²) >= 11 is 6.66. The summed E-state index contributed by atoms with van der Waals surface area (Å²) in [6, 6.07) is 17.9. The molecule has 4 nitrogen and oxygen atoms in total. The molecule has 2 aromatic rings. The molecule has 2 heterocycles. The van der Waals surface area contributed by atoms with Gasteiger partial charge in [-0.2, -0.15) is 0 Å². The van der Waals surface area contributed by atoms with Crippen molar-refractivity contribution < 1.29 is 9.59 Å². The Balaban J connectivity index is 1.49. The van der Waals surface area contributed by atoms with E-state index in [1.807, 2.05) is 67.6 Å². The second-order valence-corrected chi connectivity index (χ2v) is 9.02. The fourth-order valence-electron chi connectivity index (χ4n) is 3.71. The number of aryl methyl sites for hydroxylation is 1. The topological polar surface area (TPSA) is 40.6 Å². The van der Waals surface area contributed by atoms with Crippen molar-refractivity contribution in [2.75, 3.05) is 18.0 Å². The first-order valence-corrected chi connectivity index (χ1v) is 11.1. The number of hydrogen-bond donors (Lipinski definition) is 0. The number of amides is 2. The highest BCUT2D eigenvalue weighted by atomic mass is 32.2. The van der Waals surface area contributed by atoms with Gasteiger partial charge in [-0.15, -0.1) is 0 Å². The van der Waals surface area contributed by atoms with Crippen molar-refractivity contribution in [3.63, 3.8) is 0 Å². The lowest BCUT2D eigenvalue weighted by Crippen LogP contribution is -2.44. The quantitative estimate of drug-likeness (QED) is 0.511. The average molecular weight is 435 g/mol. The fourth-order valence-corrected chi connectivity index (χ4v) is 5.02. The standard InChI is InChI=1S/C24H22N2O2S2/c1-17(14-18-8-3-2-4-9-18)15-21-23(28)26(24(29)30-21)16-22(27)25-13-7-11-19-10-5-6-12-20(19)25/h2-6,8-10,12,14-15H,7,11,13,16H2,1H3. The van der Waals surface area contributed by atoms with Gasteiger partial charge in [-0.3, -0.25) is 14.5 Å². The van der Waals surface area contributed by atoms with Crippen LogP contribution in [0.5, 0.6) is 0 Å². The maximum Gasteiger partial charge on any atom is 0.266 e. The third-order valence-electron chi connectivity index (χ3n) is 5.13. The zero-order valence-corrected chi connectivity index (χ0v) is 18.3. The molecule has 0 radical (unpaired) electrons. The van der Waals surface area contributed by atoms with Crippen molar-refractivity contribution in [3.05, 3.63) is 82.3 Å². The van der Waals surface area contributed by atoms with Crippen LogP contribution in [0.2, 0.25) is 0 Å². The number of para-hydroxylation sites is 1. The van der Waals surface area contributed by atoms with E-state index in [1.54, 1.807) is 4.90 Å². The molecule has 4 rings (SSSR count). The van der Waals surface area contributed by atoms with E-state index in [-0.39, 0.29) is 18.4 Å². The number of carbonyl (C=O) groups excluding carboxylic acids is 2. The first-order valence-electron chi connectivity index (χ1n) is 9.90. The number of thioether (sulfide) groups is 1. The molecular formula is C24H22N2O2S2. The first kappa shape index (κ1) is 20.6. The van der Waals surface area contributed by atoms with Crippen molar-refractivity contribution in [3.8, 4) is 0 Å². The van der Waals surface area contributed by atoms with Crippen LogP contribution >= 0.6 is 24.0 Å².